The number of hydrogen-bond donors (Lipinski definition) is 2. The van der Waals surface area contributed by atoms with Crippen LogP contribution >= 0.6 is 15.9 Å². The molecule has 0 heterocycles. The van der Waals surface area contributed by atoms with E-state index in [-0.39, 0.29) is 12.4 Å². The van der Waals surface area contributed by atoms with Crippen molar-refractivity contribution in [1.82, 2.24) is 0 Å². The summed E-state index contributed by atoms with van der Waals surface area (Å²) in [6.45, 7) is 2.98. The minimum absolute atomic E-state index is 0.233. The van der Waals surface area contributed by atoms with Gasteiger partial charge in [-0.05, 0) is 59.8 Å². The van der Waals surface area contributed by atoms with Crippen molar-refractivity contribution in [2.24, 2.45) is 0 Å². The average Bonchev–Trinajstić information content (AvgIpc) is 2.25. The fraction of sp³-hybridized carbons (Fsp3) is 0.500. The van der Waals surface area contributed by atoms with E-state index in [0.29, 0.717) is 4.47 Å². The first-order chi connectivity index (χ1) is 7.65. The molecule has 90 valence electrons. The minimum atomic E-state index is -0.233. The Morgan fingerprint density at radius 3 is 2.75 bits per heavy atom. The third-order valence-corrected chi connectivity index (χ3v) is 3.03. The molecule has 0 fully saturated rings. The Kier molecular flexibility index (Phi) is 5.77. The molecule has 0 atom stereocenters. The largest absolute Gasteiger partial charge is 0.396 e. The maximum absolute atomic E-state index is 13.1. The summed E-state index contributed by atoms with van der Waals surface area (Å²) in [6, 6.07) is 3.27. The van der Waals surface area contributed by atoms with E-state index in [0.717, 1.165) is 37.1 Å². The van der Waals surface area contributed by atoms with E-state index in [9.17, 15) is 4.39 Å². The van der Waals surface area contributed by atoms with E-state index in [1.807, 2.05) is 6.92 Å². The van der Waals surface area contributed by atoms with Crippen LogP contribution in [0.3, 0.4) is 0 Å². The van der Waals surface area contributed by atoms with Gasteiger partial charge in [-0.25, -0.2) is 4.39 Å². The first kappa shape index (κ1) is 13.5. The van der Waals surface area contributed by atoms with Gasteiger partial charge in [0, 0.05) is 18.8 Å². The highest BCUT2D eigenvalue weighted by molar-refractivity contribution is 9.10. The van der Waals surface area contributed by atoms with Gasteiger partial charge in [0.05, 0.1) is 4.47 Å². The van der Waals surface area contributed by atoms with E-state index in [4.69, 9.17) is 5.11 Å². The number of unbranched alkanes of at least 4 members (excludes halogenated alkanes) is 2. The molecule has 0 saturated carbocycles. The average molecular weight is 290 g/mol. The highest BCUT2D eigenvalue weighted by Crippen LogP contribution is 2.24. The van der Waals surface area contributed by atoms with Crippen molar-refractivity contribution >= 4 is 21.6 Å². The molecule has 0 aliphatic carbocycles. The molecular weight excluding hydrogens is 273 g/mol. The molecule has 0 spiro atoms. The van der Waals surface area contributed by atoms with E-state index >= 15 is 0 Å². The van der Waals surface area contributed by atoms with Crippen LogP contribution in [0.2, 0.25) is 0 Å². The van der Waals surface area contributed by atoms with Crippen LogP contribution < -0.4 is 5.32 Å². The van der Waals surface area contributed by atoms with Gasteiger partial charge in [0.2, 0.25) is 0 Å². The van der Waals surface area contributed by atoms with Crippen molar-refractivity contribution in [2.45, 2.75) is 26.2 Å². The van der Waals surface area contributed by atoms with Crippen molar-refractivity contribution in [1.29, 1.82) is 0 Å². The fourth-order valence-corrected chi connectivity index (χ4v) is 1.82. The van der Waals surface area contributed by atoms with Crippen LogP contribution in [0.15, 0.2) is 16.6 Å². The summed E-state index contributed by atoms with van der Waals surface area (Å²) in [6.07, 6.45) is 2.85. The summed E-state index contributed by atoms with van der Waals surface area (Å²) >= 11 is 3.17. The van der Waals surface area contributed by atoms with Crippen molar-refractivity contribution in [2.75, 3.05) is 18.5 Å². The lowest BCUT2D eigenvalue weighted by molar-refractivity contribution is 0.283. The fourth-order valence-electron chi connectivity index (χ4n) is 1.47. The molecule has 1 aromatic rings. The van der Waals surface area contributed by atoms with Crippen molar-refractivity contribution in [3.8, 4) is 0 Å². The van der Waals surface area contributed by atoms with Gasteiger partial charge in [-0.1, -0.05) is 0 Å². The van der Waals surface area contributed by atoms with Gasteiger partial charge in [-0.3, -0.25) is 0 Å². The number of aliphatic hydroxyl groups excluding tert-OH is 1. The molecule has 0 aromatic heterocycles. The lowest BCUT2D eigenvalue weighted by Crippen LogP contribution is -2.03. The van der Waals surface area contributed by atoms with Crippen molar-refractivity contribution < 1.29 is 9.50 Å². The Morgan fingerprint density at radius 1 is 1.31 bits per heavy atom. The predicted molar refractivity (Wildman–Crippen MR) is 68.3 cm³/mol. The SMILES string of the molecule is Cc1cc(F)c(Br)cc1NCCCCCO. The minimum Gasteiger partial charge on any atom is -0.396 e. The van der Waals surface area contributed by atoms with Gasteiger partial charge in [0.1, 0.15) is 5.82 Å². The first-order valence-corrected chi connectivity index (χ1v) is 6.25. The topological polar surface area (TPSA) is 32.3 Å². The number of hydrogen-bond acceptors (Lipinski definition) is 2. The molecule has 0 radical (unpaired) electrons. The maximum atomic E-state index is 13.1. The quantitative estimate of drug-likeness (QED) is 0.786. The number of aryl methyl sites for hydroxylation is 1. The van der Waals surface area contributed by atoms with Crippen molar-refractivity contribution in [3.05, 3.63) is 28.0 Å². The Labute approximate surface area is 104 Å². The molecule has 0 saturated heterocycles. The molecule has 0 aliphatic rings. The third kappa shape index (κ3) is 4.10. The molecule has 0 aliphatic heterocycles. The van der Waals surface area contributed by atoms with E-state index in [1.54, 1.807) is 6.07 Å². The molecule has 0 amide bonds. The normalized spacial score (nSPS) is 10.5. The summed E-state index contributed by atoms with van der Waals surface area (Å²) in [4.78, 5) is 0. The van der Waals surface area contributed by atoms with Gasteiger partial charge in [-0.15, -0.1) is 0 Å². The van der Waals surface area contributed by atoms with Crippen LogP contribution in [0.25, 0.3) is 0 Å². The molecule has 0 unspecified atom stereocenters. The number of rotatable bonds is 6. The van der Waals surface area contributed by atoms with Gasteiger partial charge in [0.15, 0.2) is 0 Å². The molecule has 2 N–H and O–H groups in total. The highest BCUT2D eigenvalue weighted by atomic mass is 79.9. The second-order valence-corrected chi connectivity index (χ2v) is 4.65. The molecule has 1 rings (SSSR count). The van der Waals surface area contributed by atoms with E-state index in [2.05, 4.69) is 21.2 Å². The molecular formula is C12H17BrFNO. The number of anilines is 1. The summed E-state index contributed by atoms with van der Waals surface area (Å²) < 4.78 is 13.6. The summed E-state index contributed by atoms with van der Waals surface area (Å²) in [5.74, 6) is -0.233. The molecule has 16 heavy (non-hydrogen) atoms. The van der Waals surface area contributed by atoms with E-state index in [1.165, 1.54) is 6.07 Å². The Morgan fingerprint density at radius 2 is 2.06 bits per heavy atom. The Balaban J connectivity index is 2.45. The standard InChI is InChI=1S/C12H17BrFNO/c1-9-7-11(14)10(13)8-12(9)15-5-3-2-4-6-16/h7-8,15-16H,2-6H2,1H3. The monoisotopic (exact) mass is 289 g/mol. The molecule has 1 aromatic carbocycles. The van der Waals surface area contributed by atoms with Crippen LogP contribution in [-0.2, 0) is 0 Å². The van der Waals surface area contributed by atoms with Crippen LogP contribution in [0.1, 0.15) is 24.8 Å². The van der Waals surface area contributed by atoms with E-state index < -0.39 is 0 Å². The number of halogens is 2. The van der Waals surface area contributed by atoms with Gasteiger partial charge >= 0.3 is 0 Å². The first-order valence-electron chi connectivity index (χ1n) is 5.45. The second kappa shape index (κ2) is 6.86. The lowest BCUT2D eigenvalue weighted by atomic mass is 10.2. The summed E-state index contributed by atoms with van der Waals surface area (Å²) in [7, 11) is 0. The van der Waals surface area contributed by atoms with Crippen LogP contribution in [-0.4, -0.2) is 18.3 Å². The summed E-state index contributed by atoms with van der Waals surface area (Å²) in [5.41, 5.74) is 1.86. The smallest absolute Gasteiger partial charge is 0.137 e. The third-order valence-electron chi connectivity index (χ3n) is 2.42. The van der Waals surface area contributed by atoms with Crippen LogP contribution in [0, 0.1) is 12.7 Å². The molecule has 0 bridgehead atoms. The zero-order chi connectivity index (χ0) is 12.0. The van der Waals surface area contributed by atoms with Gasteiger partial charge in [-0.2, -0.15) is 0 Å². The van der Waals surface area contributed by atoms with Crippen molar-refractivity contribution in [3.63, 3.8) is 0 Å². The van der Waals surface area contributed by atoms with Crippen LogP contribution in [0.4, 0.5) is 10.1 Å². The Hall–Kier alpha value is -0.610. The second-order valence-electron chi connectivity index (χ2n) is 3.79. The number of aliphatic hydroxyl groups is 1. The number of nitrogens with one attached hydrogen (secondary N) is 1. The zero-order valence-corrected chi connectivity index (χ0v) is 11.0. The molecule has 4 heteroatoms. The molecule has 2 nitrogen and oxygen atoms in total. The highest BCUT2D eigenvalue weighted by Gasteiger charge is 2.04. The van der Waals surface area contributed by atoms with Gasteiger partial charge < -0.3 is 10.4 Å². The number of benzene rings is 1. The van der Waals surface area contributed by atoms with Gasteiger partial charge in [0.25, 0.3) is 0 Å². The summed E-state index contributed by atoms with van der Waals surface area (Å²) in [5, 5.41) is 11.9. The lowest BCUT2D eigenvalue weighted by Gasteiger charge is -2.10. The van der Waals surface area contributed by atoms with Crippen LogP contribution in [0.5, 0.6) is 0 Å². The maximum Gasteiger partial charge on any atom is 0.137 e. The zero-order valence-electron chi connectivity index (χ0n) is 9.39. The Bertz CT molecular complexity index is 344. The predicted octanol–water partition coefficient (Wildman–Crippen LogP) is 3.47.